The summed E-state index contributed by atoms with van der Waals surface area (Å²) in [5.41, 5.74) is 1.93. The third-order valence-electron chi connectivity index (χ3n) is 3.42. The van der Waals surface area contributed by atoms with Crippen LogP contribution in [0.15, 0.2) is 47.4 Å². The van der Waals surface area contributed by atoms with Gasteiger partial charge in [0.15, 0.2) is 0 Å². The van der Waals surface area contributed by atoms with Crippen molar-refractivity contribution in [2.75, 3.05) is 12.8 Å². The van der Waals surface area contributed by atoms with Crippen molar-refractivity contribution in [3.63, 3.8) is 0 Å². The van der Waals surface area contributed by atoms with E-state index in [2.05, 4.69) is 24.4 Å². The minimum atomic E-state index is -0.194. The quantitative estimate of drug-likeness (QED) is 0.773. The van der Waals surface area contributed by atoms with Crippen LogP contribution < -0.4 is 5.32 Å². The molecule has 0 aliphatic carbocycles. The van der Waals surface area contributed by atoms with Crippen LogP contribution in [-0.4, -0.2) is 18.8 Å². The van der Waals surface area contributed by atoms with Crippen LogP contribution in [0.5, 0.6) is 0 Å². The number of nitrogens with one attached hydrogen (secondary N) is 1. The molecule has 1 nitrogen and oxygen atoms in total. The molecule has 0 amide bonds. The van der Waals surface area contributed by atoms with Crippen molar-refractivity contribution in [1.82, 2.24) is 5.32 Å². The molecule has 1 N–H and O–H groups in total. The zero-order valence-electron chi connectivity index (χ0n) is 12.2. The van der Waals surface area contributed by atoms with Crippen LogP contribution in [0.3, 0.4) is 0 Å². The lowest BCUT2D eigenvalue weighted by molar-refractivity contribution is 0.568. The molecule has 0 bridgehead atoms. The Morgan fingerprint density at radius 1 is 1.24 bits per heavy atom. The highest BCUT2D eigenvalue weighted by molar-refractivity contribution is 7.99. The van der Waals surface area contributed by atoms with Crippen molar-refractivity contribution in [1.29, 1.82) is 0 Å². The van der Waals surface area contributed by atoms with E-state index in [9.17, 15) is 4.39 Å². The van der Waals surface area contributed by atoms with Crippen LogP contribution in [0, 0.1) is 12.7 Å². The van der Waals surface area contributed by atoms with Gasteiger partial charge < -0.3 is 5.32 Å². The van der Waals surface area contributed by atoms with Gasteiger partial charge in [-0.15, -0.1) is 11.8 Å². The predicted molar refractivity (Wildman–Crippen MR) is 89.9 cm³/mol. The Bertz CT molecular complexity index is 603. The number of hydrogen-bond donors (Lipinski definition) is 1. The van der Waals surface area contributed by atoms with Gasteiger partial charge in [0.1, 0.15) is 5.82 Å². The van der Waals surface area contributed by atoms with Crippen LogP contribution in [0.2, 0.25) is 5.02 Å². The van der Waals surface area contributed by atoms with Gasteiger partial charge in [0, 0.05) is 21.7 Å². The van der Waals surface area contributed by atoms with Gasteiger partial charge in [-0.2, -0.15) is 0 Å². The molecule has 21 heavy (non-hydrogen) atoms. The van der Waals surface area contributed by atoms with Crippen LogP contribution >= 0.6 is 23.4 Å². The molecule has 0 radical (unpaired) electrons. The molecule has 2 rings (SSSR count). The van der Waals surface area contributed by atoms with E-state index in [-0.39, 0.29) is 11.9 Å². The summed E-state index contributed by atoms with van der Waals surface area (Å²) in [6.07, 6.45) is 0.627. The summed E-state index contributed by atoms with van der Waals surface area (Å²) in [4.78, 5) is 1.27. The summed E-state index contributed by atoms with van der Waals surface area (Å²) in [5.74, 6) is 0.688. The van der Waals surface area contributed by atoms with E-state index in [0.29, 0.717) is 17.0 Å². The first-order valence-corrected chi connectivity index (χ1v) is 8.26. The molecule has 4 heteroatoms. The lowest BCUT2D eigenvalue weighted by atomic mass is 10.1. The number of aryl methyl sites for hydroxylation is 1. The third-order valence-corrected chi connectivity index (χ3v) is 4.99. The molecule has 0 aliphatic rings. The van der Waals surface area contributed by atoms with Gasteiger partial charge in [-0.3, -0.25) is 0 Å². The largest absolute Gasteiger partial charge is 0.316 e. The van der Waals surface area contributed by atoms with E-state index in [1.165, 1.54) is 16.5 Å². The first kappa shape index (κ1) is 16.3. The van der Waals surface area contributed by atoms with E-state index >= 15 is 0 Å². The zero-order valence-corrected chi connectivity index (χ0v) is 13.8. The number of benzene rings is 2. The Balaban J connectivity index is 2.00. The van der Waals surface area contributed by atoms with Gasteiger partial charge >= 0.3 is 0 Å². The maximum atomic E-state index is 13.8. The minimum absolute atomic E-state index is 0.194. The number of rotatable bonds is 6. The lowest BCUT2D eigenvalue weighted by Gasteiger charge is -2.17. The molecule has 1 atom stereocenters. The molecule has 0 aromatic heterocycles. The SMILES string of the molecule is CNC(CSc1ccccc1C)Cc1cc(Cl)ccc1F. The highest BCUT2D eigenvalue weighted by Gasteiger charge is 2.12. The summed E-state index contributed by atoms with van der Waals surface area (Å²) < 4.78 is 13.8. The highest BCUT2D eigenvalue weighted by atomic mass is 35.5. The molecular formula is C17H19ClFNS. The molecule has 0 fully saturated rings. The maximum Gasteiger partial charge on any atom is 0.126 e. The normalized spacial score (nSPS) is 12.4. The second-order valence-electron chi connectivity index (χ2n) is 5.00. The van der Waals surface area contributed by atoms with Gasteiger partial charge in [0.25, 0.3) is 0 Å². The van der Waals surface area contributed by atoms with Gasteiger partial charge in [-0.25, -0.2) is 4.39 Å². The molecule has 2 aromatic rings. The lowest BCUT2D eigenvalue weighted by Crippen LogP contribution is -2.30. The fourth-order valence-corrected chi connectivity index (χ4v) is 3.45. The second kappa shape index (κ2) is 7.83. The number of hydrogen-bond acceptors (Lipinski definition) is 2. The molecular weight excluding hydrogens is 305 g/mol. The maximum absolute atomic E-state index is 13.8. The van der Waals surface area contributed by atoms with Crippen molar-refractivity contribution >= 4 is 23.4 Å². The topological polar surface area (TPSA) is 12.0 Å². The first-order chi connectivity index (χ1) is 10.1. The van der Waals surface area contributed by atoms with Crippen molar-refractivity contribution in [3.05, 3.63) is 64.4 Å². The monoisotopic (exact) mass is 323 g/mol. The molecule has 2 aromatic carbocycles. The number of halogens is 2. The van der Waals surface area contributed by atoms with Gasteiger partial charge in [0.05, 0.1) is 0 Å². The fraction of sp³-hybridized carbons (Fsp3) is 0.294. The Hall–Kier alpha value is -1.03. The molecule has 1 unspecified atom stereocenters. The Morgan fingerprint density at radius 2 is 2.00 bits per heavy atom. The number of likely N-dealkylation sites (N-methyl/N-ethyl adjacent to an activating group) is 1. The van der Waals surface area contributed by atoms with E-state index in [1.54, 1.807) is 23.9 Å². The van der Waals surface area contributed by atoms with E-state index in [1.807, 2.05) is 19.2 Å². The van der Waals surface area contributed by atoms with Gasteiger partial charge in [0.2, 0.25) is 0 Å². The van der Waals surface area contributed by atoms with Crippen LogP contribution in [0.4, 0.5) is 4.39 Å². The Kier molecular flexibility index (Phi) is 6.09. The summed E-state index contributed by atoms with van der Waals surface area (Å²) >= 11 is 7.74. The fourth-order valence-electron chi connectivity index (χ4n) is 2.12. The molecule has 0 aliphatic heterocycles. The van der Waals surface area contributed by atoms with Crippen LogP contribution in [-0.2, 0) is 6.42 Å². The van der Waals surface area contributed by atoms with Crippen molar-refractivity contribution in [3.8, 4) is 0 Å². The van der Waals surface area contributed by atoms with Gasteiger partial charge in [-0.1, -0.05) is 29.8 Å². The first-order valence-electron chi connectivity index (χ1n) is 6.89. The van der Waals surface area contributed by atoms with Crippen molar-refractivity contribution in [2.45, 2.75) is 24.3 Å². The average Bonchev–Trinajstić information content (AvgIpc) is 2.48. The molecule has 112 valence electrons. The predicted octanol–water partition coefficient (Wildman–Crippen LogP) is 4.71. The Morgan fingerprint density at radius 3 is 2.71 bits per heavy atom. The van der Waals surface area contributed by atoms with Crippen LogP contribution in [0.25, 0.3) is 0 Å². The average molecular weight is 324 g/mol. The van der Waals surface area contributed by atoms with Crippen molar-refractivity contribution < 1.29 is 4.39 Å². The summed E-state index contributed by atoms with van der Waals surface area (Å²) in [5, 5.41) is 3.83. The standard InChI is InChI=1S/C17H19ClFNS/c1-12-5-3-4-6-17(12)21-11-15(20-2)10-13-9-14(18)7-8-16(13)19/h3-9,15,20H,10-11H2,1-2H3. The summed E-state index contributed by atoms with van der Waals surface area (Å²) in [6, 6.07) is 13.2. The summed E-state index contributed by atoms with van der Waals surface area (Å²) in [7, 11) is 1.91. The third kappa shape index (κ3) is 4.73. The minimum Gasteiger partial charge on any atom is -0.316 e. The molecule has 0 saturated carbocycles. The molecule has 0 spiro atoms. The summed E-state index contributed by atoms with van der Waals surface area (Å²) in [6.45, 7) is 2.10. The molecule has 0 saturated heterocycles. The van der Waals surface area contributed by atoms with Crippen LogP contribution in [0.1, 0.15) is 11.1 Å². The molecule has 0 heterocycles. The van der Waals surface area contributed by atoms with E-state index in [0.717, 1.165) is 5.75 Å². The van der Waals surface area contributed by atoms with Crippen molar-refractivity contribution in [2.24, 2.45) is 0 Å². The number of thioether (sulfide) groups is 1. The second-order valence-corrected chi connectivity index (χ2v) is 6.50. The smallest absolute Gasteiger partial charge is 0.126 e. The Labute approximate surface area is 134 Å². The zero-order chi connectivity index (χ0) is 15.2. The van der Waals surface area contributed by atoms with E-state index in [4.69, 9.17) is 11.6 Å². The van der Waals surface area contributed by atoms with Gasteiger partial charge in [-0.05, 0) is 55.8 Å². The highest BCUT2D eigenvalue weighted by Crippen LogP contribution is 2.24. The van der Waals surface area contributed by atoms with E-state index < -0.39 is 0 Å².